The van der Waals surface area contributed by atoms with E-state index >= 15 is 0 Å². The summed E-state index contributed by atoms with van der Waals surface area (Å²) >= 11 is 0. The van der Waals surface area contributed by atoms with Gasteiger partial charge in [0.15, 0.2) is 5.82 Å². The molecule has 4 N–H and O–H groups in total. The zero-order valence-electron chi connectivity index (χ0n) is 14.6. The first kappa shape index (κ1) is 18.6. The third-order valence-electron chi connectivity index (χ3n) is 3.52. The lowest BCUT2D eigenvalue weighted by atomic mass is 10.1. The van der Waals surface area contributed by atoms with E-state index in [1.807, 2.05) is 43.3 Å². The summed E-state index contributed by atoms with van der Waals surface area (Å²) < 4.78 is 23.0. The summed E-state index contributed by atoms with van der Waals surface area (Å²) in [5.41, 5.74) is 9.05. The molecule has 0 saturated carbocycles. The van der Waals surface area contributed by atoms with Crippen molar-refractivity contribution in [2.24, 2.45) is 4.36 Å². The van der Waals surface area contributed by atoms with Crippen LogP contribution in [0.1, 0.15) is 6.92 Å². The predicted octanol–water partition coefficient (Wildman–Crippen LogP) is 4.27. The van der Waals surface area contributed by atoms with E-state index in [-0.39, 0.29) is 0 Å². The quantitative estimate of drug-likeness (QED) is 0.274. The molecule has 0 aliphatic rings. The van der Waals surface area contributed by atoms with Crippen LogP contribution in [-0.2, 0) is 15.1 Å². The van der Waals surface area contributed by atoms with Crippen LogP contribution in [0.5, 0.6) is 0 Å². The Morgan fingerprint density at radius 2 is 1.78 bits per heavy atom. The van der Waals surface area contributed by atoms with Crippen molar-refractivity contribution in [3.8, 4) is 11.3 Å². The molecule has 8 nitrogen and oxygen atoms in total. The fourth-order valence-electron chi connectivity index (χ4n) is 2.34. The van der Waals surface area contributed by atoms with E-state index < -0.39 is 10.9 Å². The molecule has 0 saturated heterocycles. The van der Waals surface area contributed by atoms with Crippen molar-refractivity contribution in [2.75, 3.05) is 22.7 Å². The zero-order valence-corrected chi connectivity index (χ0v) is 15.4. The number of benzene rings is 2. The van der Waals surface area contributed by atoms with Gasteiger partial charge in [-0.05, 0) is 31.2 Å². The summed E-state index contributed by atoms with van der Waals surface area (Å²) in [6.45, 7) is 2.69. The molecule has 3 aromatic rings. The lowest BCUT2D eigenvalue weighted by Crippen LogP contribution is -2.12. The van der Waals surface area contributed by atoms with Crippen LogP contribution >= 0.6 is 0 Å². The van der Waals surface area contributed by atoms with Crippen LogP contribution in [0.4, 0.5) is 23.1 Å². The number of rotatable bonds is 7. The molecule has 1 heterocycles. The number of nitrogens with zero attached hydrogens (tertiary/aromatic N) is 3. The van der Waals surface area contributed by atoms with Gasteiger partial charge in [0.1, 0.15) is 0 Å². The van der Waals surface area contributed by atoms with Crippen LogP contribution in [-0.4, -0.2) is 21.1 Å². The molecule has 9 heteroatoms. The highest BCUT2D eigenvalue weighted by atomic mass is 32.2. The summed E-state index contributed by atoms with van der Waals surface area (Å²) in [7, 11) is -2.22. The minimum atomic E-state index is -2.22. The molecule has 27 heavy (non-hydrogen) atoms. The normalized spacial score (nSPS) is 11.8. The van der Waals surface area contributed by atoms with Gasteiger partial charge in [-0.1, -0.05) is 41.2 Å². The first-order chi connectivity index (χ1) is 13.1. The van der Waals surface area contributed by atoms with Crippen molar-refractivity contribution in [2.45, 2.75) is 6.92 Å². The molecule has 2 aromatic carbocycles. The van der Waals surface area contributed by atoms with Gasteiger partial charge < -0.3 is 18.4 Å². The van der Waals surface area contributed by atoms with E-state index in [1.54, 1.807) is 24.3 Å². The molecule has 0 unspecified atom stereocenters. The second-order valence-corrected chi connectivity index (χ2v) is 6.12. The Hall–Kier alpha value is -3.17. The van der Waals surface area contributed by atoms with E-state index in [2.05, 4.69) is 30.5 Å². The maximum atomic E-state index is 10.7. The van der Waals surface area contributed by atoms with Gasteiger partial charge in [-0.25, -0.2) is 4.98 Å². The van der Waals surface area contributed by atoms with Crippen LogP contribution in [0.15, 0.2) is 65.0 Å². The second-order valence-electron chi connectivity index (χ2n) is 5.48. The molecule has 0 aliphatic heterocycles. The van der Waals surface area contributed by atoms with Gasteiger partial charge in [0.2, 0.25) is 5.95 Å². The molecule has 0 radical (unpaired) electrons. The standard InChI is InChI=1S/C18H19N6O2S/c1-2-19-18-20-16(13-6-4-3-5-7-13)12-17(21-18)23-22-14-8-10-15(11-9-14)24-27(25)26/h3-12,22H,2H2,1H3,(H,24,25,26)(H2,19,20,21,23)/q-1. The highest BCUT2D eigenvalue weighted by molar-refractivity contribution is 7.68. The van der Waals surface area contributed by atoms with Crippen LogP contribution in [0.25, 0.3) is 11.3 Å². The van der Waals surface area contributed by atoms with E-state index in [4.69, 9.17) is 4.55 Å². The SMILES string of the molecule is CCNc1nc(NNc2ccc(N=[S-](=O)O)cc2)cc(-c2ccccc2)n1. The Kier molecular flexibility index (Phi) is 6.18. The number of nitrogens with one attached hydrogen (secondary N) is 3. The van der Waals surface area contributed by atoms with Crippen molar-refractivity contribution in [3.63, 3.8) is 0 Å². The third kappa shape index (κ3) is 5.40. The van der Waals surface area contributed by atoms with Gasteiger partial charge in [0.25, 0.3) is 0 Å². The Morgan fingerprint density at radius 1 is 1.04 bits per heavy atom. The molecule has 0 atom stereocenters. The van der Waals surface area contributed by atoms with Crippen molar-refractivity contribution in [3.05, 3.63) is 60.7 Å². The number of hydrogen-bond acceptors (Lipinski definition) is 8. The zero-order chi connectivity index (χ0) is 19.1. The highest BCUT2D eigenvalue weighted by Gasteiger charge is 2.06. The Labute approximate surface area is 159 Å². The fraction of sp³-hybridized carbons (Fsp3) is 0.111. The monoisotopic (exact) mass is 383 g/mol. The molecule has 0 bridgehead atoms. The molecule has 0 aliphatic carbocycles. The molecule has 0 spiro atoms. The third-order valence-corrected chi connectivity index (χ3v) is 3.88. The van der Waals surface area contributed by atoms with Gasteiger partial charge >= 0.3 is 0 Å². The van der Waals surface area contributed by atoms with Gasteiger partial charge in [-0.3, -0.25) is 10.9 Å². The Bertz CT molecular complexity index is 973. The average molecular weight is 383 g/mol. The van der Waals surface area contributed by atoms with Crippen molar-refractivity contribution >= 4 is 34.0 Å². The summed E-state index contributed by atoms with van der Waals surface area (Å²) in [4.78, 5) is 8.97. The van der Waals surface area contributed by atoms with Gasteiger partial charge in [-0.15, -0.1) is 0 Å². The van der Waals surface area contributed by atoms with Gasteiger partial charge in [0.05, 0.1) is 11.4 Å². The highest BCUT2D eigenvalue weighted by Crippen LogP contribution is 2.22. The van der Waals surface area contributed by atoms with Crippen molar-refractivity contribution < 1.29 is 8.76 Å². The maximum Gasteiger partial charge on any atom is 0.225 e. The van der Waals surface area contributed by atoms with Crippen LogP contribution < -0.4 is 16.2 Å². The largest absolute Gasteiger partial charge is 0.454 e. The van der Waals surface area contributed by atoms with Gasteiger partial charge in [-0.2, -0.15) is 4.98 Å². The molecule has 1 aromatic heterocycles. The summed E-state index contributed by atoms with van der Waals surface area (Å²) in [5, 5.41) is 3.13. The summed E-state index contributed by atoms with van der Waals surface area (Å²) in [6.07, 6.45) is 0. The van der Waals surface area contributed by atoms with Crippen LogP contribution in [0, 0.1) is 0 Å². The van der Waals surface area contributed by atoms with E-state index in [9.17, 15) is 4.21 Å². The first-order valence-corrected chi connectivity index (χ1v) is 9.33. The second kappa shape index (κ2) is 8.97. The number of aromatic nitrogens is 2. The smallest absolute Gasteiger partial charge is 0.225 e. The lowest BCUT2D eigenvalue weighted by molar-refractivity contribution is 0.529. The van der Waals surface area contributed by atoms with Crippen LogP contribution in [0.2, 0.25) is 0 Å². The minimum Gasteiger partial charge on any atom is -0.454 e. The molecule has 3 rings (SSSR count). The lowest BCUT2D eigenvalue weighted by Gasteiger charge is -2.12. The molecule has 0 amide bonds. The van der Waals surface area contributed by atoms with E-state index in [1.165, 1.54) is 0 Å². The van der Waals surface area contributed by atoms with Crippen molar-refractivity contribution in [1.29, 1.82) is 0 Å². The summed E-state index contributed by atoms with van der Waals surface area (Å²) in [6, 6.07) is 18.5. The minimum absolute atomic E-state index is 0.421. The van der Waals surface area contributed by atoms with E-state index in [0.717, 1.165) is 16.9 Å². The number of hydrogen-bond donors (Lipinski definition) is 4. The Morgan fingerprint density at radius 3 is 2.44 bits per heavy atom. The molecule has 140 valence electrons. The van der Waals surface area contributed by atoms with Gasteiger partial charge in [0, 0.05) is 23.9 Å². The Balaban J connectivity index is 1.78. The maximum absolute atomic E-state index is 10.7. The van der Waals surface area contributed by atoms with Crippen molar-refractivity contribution in [1.82, 2.24) is 9.97 Å². The average Bonchev–Trinajstić information content (AvgIpc) is 2.68. The van der Waals surface area contributed by atoms with Crippen LogP contribution in [0.3, 0.4) is 0 Å². The molecule has 0 fully saturated rings. The fourth-order valence-corrected chi connectivity index (χ4v) is 2.64. The molecular weight excluding hydrogens is 364 g/mol. The number of anilines is 3. The number of hydrazine groups is 1. The first-order valence-electron chi connectivity index (χ1n) is 8.27. The summed E-state index contributed by atoms with van der Waals surface area (Å²) in [5.74, 6) is 1.13. The molecular formula is C18H19N6O2S-. The predicted molar refractivity (Wildman–Crippen MR) is 108 cm³/mol. The van der Waals surface area contributed by atoms with E-state index in [0.29, 0.717) is 24.0 Å². The topological polar surface area (TPSA) is 112 Å².